The predicted molar refractivity (Wildman–Crippen MR) is 126 cm³/mol. The zero-order valence-corrected chi connectivity index (χ0v) is 21.3. The molecule has 198 valence electrons. The van der Waals surface area contributed by atoms with Gasteiger partial charge in [-0.05, 0) is 80.0 Å². The van der Waals surface area contributed by atoms with Crippen molar-refractivity contribution >= 4 is 5.97 Å². The maximum atomic E-state index is 12.4. The van der Waals surface area contributed by atoms with Gasteiger partial charge in [0.05, 0.1) is 24.2 Å². The number of aliphatic carboxylic acids is 1. The normalized spacial score (nSPS) is 55.6. The highest BCUT2D eigenvalue weighted by Gasteiger charge is 2.69. The van der Waals surface area contributed by atoms with Crippen molar-refractivity contribution in [2.45, 2.75) is 109 Å². The van der Waals surface area contributed by atoms with Crippen molar-refractivity contribution in [3.05, 3.63) is 11.6 Å². The van der Waals surface area contributed by atoms with Crippen LogP contribution in [0.4, 0.5) is 0 Å². The van der Waals surface area contributed by atoms with Gasteiger partial charge in [-0.15, -0.1) is 0 Å². The zero-order valence-electron chi connectivity index (χ0n) is 21.3. The second-order valence-electron chi connectivity index (χ2n) is 12.9. The molecule has 4 aliphatic carbocycles. The molecule has 1 aliphatic heterocycles. The molecule has 8 heteroatoms. The van der Waals surface area contributed by atoms with Gasteiger partial charge in [0.1, 0.15) is 18.3 Å². The minimum absolute atomic E-state index is 0.0511. The van der Waals surface area contributed by atoms with Crippen molar-refractivity contribution in [1.29, 1.82) is 0 Å². The summed E-state index contributed by atoms with van der Waals surface area (Å²) in [6.07, 6.45) is 2.49. The van der Waals surface area contributed by atoms with E-state index in [1.54, 1.807) is 6.92 Å². The number of hydrogen-bond donors (Lipinski definition) is 5. The molecule has 0 aromatic heterocycles. The number of carbonyl (C=O) groups is 1. The number of carboxylic acids is 1. The molecular formula is C27H42O8. The zero-order chi connectivity index (χ0) is 25.6. The van der Waals surface area contributed by atoms with Crippen LogP contribution in [0, 0.1) is 33.5 Å². The minimum atomic E-state index is -1.21. The molecule has 0 spiro atoms. The first-order chi connectivity index (χ1) is 16.3. The Hall–Kier alpha value is -1.03. The van der Waals surface area contributed by atoms with E-state index in [0.717, 1.165) is 38.5 Å². The number of aliphatic hydroxyl groups excluding tert-OH is 4. The van der Waals surface area contributed by atoms with Gasteiger partial charge in [-0.2, -0.15) is 0 Å². The molecule has 5 aliphatic rings. The van der Waals surface area contributed by atoms with Gasteiger partial charge in [0.25, 0.3) is 0 Å². The van der Waals surface area contributed by atoms with Gasteiger partial charge in [-0.1, -0.05) is 32.4 Å². The van der Waals surface area contributed by atoms with Gasteiger partial charge in [-0.3, -0.25) is 4.79 Å². The smallest absolute Gasteiger partial charge is 0.312 e. The quantitative estimate of drug-likeness (QED) is 0.375. The van der Waals surface area contributed by atoms with Crippen LogP contribution in [0.25, 0.3) is 0 Å². The number of carboxylic acid groups (broad SMARTS) is 1. The highest BCUT2D eigenvalue weighted by Crippen LogP contribution is 2.73. The second kappa shape index (κ2) is 8.23. The van der Waals surface area contributed by atoms with Crippen molar-refractivity contribution in [1.82, 2.24) is 0 Å². The standard InChI is InChI=1S/C27H42O8/c1-24-9-8-19(29)27(4,23(32)33)18(24)7-10-25(2)17(24)6-5-14-11-15(12-26(14,25)3)34-22-21(31)20(30)16(13-28)35-22/h11,15-22,28-31H,5-10,12-13H2,1-4H3,(H,32,33)/t15-,16-,17+,18?,19-,20-,21+,22+,24+,25+,26+,27-/m0/s1. The summed E-state index contributed by atoms with van der Waals surface area (Å²) in [7, 11) is 0. The third kappa shape index (κ3) is 3.29. The van der Waals surface area contributed by atoms with E-state index in [9.17, 15) is 30.3 Å². The average molecular weight is 495 g/mol. The predicted octanol–water partition coefficient (Wildman–Crippen LogP) is 2.23. The summed E-state index contributed by atoms with van der Waals surface area (Å²) in [6, 6.07) is 0. The number of ether oxygens (including phenoxy) is 2. The maximum Gasteiger partial charge on any atom is 0.312 e. The van der Waals surface area contributed by atoms with E-state index in [2.05, 4.69) is 26.8 Å². The van der Waals surface area contributed by atoms with E-state index in [4.69, 9.17) is 9.47 Å². The van der Waals surface area contributed by atoms with Gasteiger partial charge < -0.3 is 35.0 Å². The van der Waals surface area contributed by atoms with Crippen LogP contribution in [0.3, 0.4) is 0 Å². The average Bonchev–Trinajstić information content (AvgIpc) is 3.28. The van der Waals surface area contributed by atoms with E-state index in [0.29, 0.717) is 12.3 Å². The van der Waals surface area contributed by atoms with Gasteiger partial charge in [0.2, 0.25) is 0 Å². The van der Waals surface area contributed by atoms with Crippen molar-refractivity contribution in [2.24, 2.45) is 33.5 Å². The van der Waals surface area contributed by atoms with Crippen molar-refractivity contribution in [3.8, 4) is 0 Å². The molecule has 0 radical (unpaired) electrons. The van der Waals surface area contributed by atoms with E-state index >= 15 is 0 Å². The highest BCUT2D eigenvalue weighted by atomic mass is 16.7. The van der Waals surface area contributed by atoms with E-state index < -0.39 is 42.1 Å². The van der Waals surface area contributed by atoms with Crippen molar-refractivity contribution in [3.63, 3.8) is 0 Å². The van der Waals surface area contributed by atoms with Crippen LogP contribution < -0.4 is 0 Å². The molecule has 0 amide bonds. The molecule has 5 rings (SSSR count). The summed E-state index contributed by atoms with van der Waals surface area (Å²) < 4.78 is 11.7. The number of hydrogen-bond acceptors (Lipinski definition) is 7. The molecule has 35 heavy (non-hydrogen) atoms. The fourth-order valence-electron chi connectivity index (χ4n) is 9.33. The molecule has 0 aromatic rings. The van der Waals surface area contributed by atoms with Crippen LogP contribution in [0.2, 0.25) is 0 Å². The lowest BCUT2D eigenvalue weighted by Gasteiger charge is -2.68. The Morgan fingerprint density at radius 1 is 1.06 bits per heavy atom. The van der Waals surface area contributed by atoms with Crippen molar-refractivity contribution in [2.75, 3.05) is 6.61 Å². The Kier molecular flexibility index (Phi) is 6.03. The van der Waals surface area contributed by atoms with Crippen LogP contribution in [0.5, 0.6) is 0 Å². The summed E-state index contributed by atoms with van der Waals surface area (Å²) in [5, 5.41) is 50.8. The summed E-state index contributed by atoms with van der Waals surface area (Å²) >= 11 is 0. The Morgan fingerprint density at radius 3 is 2.40 bits per heavy atom. The largest absolute Gasteiger partial charge is 0.481 e. The van der Waals surface area contributed by atoms with E-state index in [-0.39, 0.29) is 34.9 Å². The third-order valence-corrected chi connectivity index (χ3v) is 11.6. The lowest BCUT2D eigenvalue weighted by atomic mass is 9.36. The number of allylic oxidation sites excluding steroid dienone is 1. The Labute approximate surface area is 207 Å². The Bertz CT molecular complexity index is 906. The summed E-state index contributed by atoms with van der Waals surface area (Å²) in [5.41, 5.74) is -0.136. The first-order valence-corrected chi connectivity index (χ1v) is 13.2. The highest BCUT2D eigenvalue weighted by molar-refractivity contribution is 5.76. The maximum absolute atomic E-state index is 12.4. The monoisotopic (exact) mass is 494 g/mol. The molecule has 8 nitrogen and oxygen atoms in total. The minimum Gasteiger partial charge on any atom is -0.481 e. The fraction of sp³-hybridized carbons (Fsp3) is 0.889. The van der Waals surface area contributed by atoms with Crippen LogP contribution in [-0.4, -0.2) is 74.9 Å². The molecule has 1 saturated heterocycles. The molecular weight excluding hydrogens is 452 g/mol. The first-order valence-electron chi connectivity index (χ1n) is 13.2. The number of fused-ring (bicyclic) bond motifs is 5. The first kappa shape index (κ1) is 25.6. The molecule has 1 heterocycles. The van der Waals surface area contributed by atoms with Gasteiger partial charge in [0.15, 0.2) is 6.29 Å². The lowest BCUT2D eigenvalue weighted by Crippen LogP contribution is -2.65. The van der Waals surface area contributed by atoms with Gasteiger partial charge in [0, 0.05) is 0 Å². The molecule has 0 aromatic carbocycles. The molecule has 4 fully saturated rings. The second-order valence-corrected chi connectivity index (χ2v) is 12.9. The summed E-state index contributed by atoms with van der Waals surface area (Å²) in [4.78, 5) is 12.4. The van der Waals surface area contributed by atoms with E-state index in [1.807, 2.05) is 0 Å². The van der Waals surface area contributed by atoms with Crippen LogP contribution >= 0.6 is 0 Å². The van der Waals surface area contributed by atoms with E-state index in [1.165, 1.54) is 5.57 Å². The molecule has 3 saturated carbocycles. The van der Waals surface area contributed by atoms with Crippen molar-refractivity contribution < 1.29 is 39.8 Å². The van der Waals surface area contributed by atoms with Gasteiger partial charge in [-0.25, -0.2) is 0 Å². The lowest BCUT2D eigenvalue weighted by molar-refractivity contribution is -0.220. The summed E-state index contributed by atoms with van der Waals surface area (Å²) in [5.74, 6) is -0.634. The van der Waals surface area contributed by atoms with Gasteiger partial charge >= 0.3 is 5.97 Å². The molecule has 12 atom stereocenters. The number of rotatable bonds is 4. The SMILES string of the molecule is C[C@]12CC[C@H](O)[C@@](C)(C(=O)O)C1CC[C@]1(C)[C@@H]2CCC2=C[C@H](O[C@@H]3O[C@@H](CO)[C@H](O)[C@H]3O)C[C@]21C. The van der Waals surface area contributed by atoms with Crippen LogP contribution in [-0.2, 0) is 14.3 Å². The molecule has 0 bridgehead atoms. The Balaban J connectivity index is 1.40. The fourth-order valence-corrected chi connectivity index (χ4v) is 9.33. The molecule has 5 N–H and O–H groups in total. The topological polar surface area (TPSA) is 137 Å². The Morgan fingerprint density at radius 2 is 1.77 bits per heavy atom. The van der Waals surface area contributed by atoms with Crippen LogP contribution in [0.1, 0.15) is 72.6 Å². The molecule has 1 unspecified atom stereocenters. The number of aliphatic hydroxyl groups is 4. The summed E-state index contributed by atoms with van der Waals surface area (Å²) in [6.45, 7) is 8.31. The third-order valence-electron chi connectivity index (χ3n) is 11.6. The van der Waals surface area contributed by atoms with Crippen LogP contribution in [0.15, 0.2) is 11.6 Å².